The van der Waals surface area contributed by atoms with Gasteiger partial charge in [-0.15, -0.1) is 0 Å². The normalized spacial score (nSPS) is 10.6. The maximum atomic E-state index is 9.27. The fraction of sp³-hybridized carbons (Fsp3) is 0.312. The molecule has 2 rings (SSSR count). The smallest absolute Gasteiger partial charge is 0.189 e. The molecule has 1 heterocycles. The number of nitriles is 1. The maximum Gasteiger partial charge on any atom is 0.189 e. The van der Waals surface area contributed by atoms with Crippen LogP contribution in [-0.2, 0) is 6.42 Å². The Labute approximate surface area is 129 Å². The summed E-state index contributed by atoms with van der Waals surface area (Å²) < 4.78 is 0. The second kappa shape index (κ2) is 7.09. The van der Waals surface area contributed by atoms with E-state index in [9.17, 15) is 5.26 Å². The molecule has 2 aromatic rings. The topological polar surface area (TPSA) is 75.6 Å². The van der Waals surface area contributed by atoms with Gasteiger partial charge in [-0.1, -0.05) is 55.9 Å². The number of anilines is 1. The largest absolute Gasteiger partial charge is 0.382 e. The zero-order valence-electron chi connectivity index (χ0n) is 12.2. The minimum absolute atomic E-state index is 0.268. The highest BCUT2D eigenvalue weighted by Gasteiger charge is 2.13. The highest BCUT2D eigenvalue weighted by molar-refractivity contribution is 7.99. The Hall–Kier alpha value is -2.06. The van der Waals surface area contributed by atoms with Gasteiger partial charge in [0.25, 0.3) is 0 Å². The Kier molecular flexibility index (Phi) is 5.18. The monoisotopic (exact) mass is 298 g/mol. The molecule has 21 heavy (non-hydrogen) atoms. The quantitative estimate of drug-likeness (QED) is 0.677. The fourth-order valence-electron chi connectivity index (χ4n) is 1.85. The van der Waals surface area contributed by atoms with Crippen LogP contribution in [0, 0.1) is 17.2 Å². The van der Waals surface area contributed by atoms with Crippen molar-refractivity contribution >= 4 is 17.6 Å². The lowest BCUT2D eigenvalue weighted by atomic mass is 10.1. The van der Waals surface area contributed by atoms with E-state index in [-0.39, 0.29) is 5.82 Å². The van der Waals surface area contributed by atoms with Crippen molar-refractivity contribution < 1.29 is 0 Å². The molecule has 0 aliphatic carbocycles. The van der Waals surface area contributed by atoms with Crippen LogP contribution in [0.4, 0.5) is 5.82 Å². The van der Waals surface area contributed by atoms with Crippen molar-refractivity contribution in [3.8, 4) is 6.07 Å². The molecule has 0 aliphatic rings. The standard InChI is InChI=1S/C16H18N4S/c1-11(2)10-21-16-19-14(13(9-17)15(18)20-16)8-12-6-4-3-5-7-12/h3-7,11H,8,10H2,1-2H3,(H2,18,19,20). The molecule has 0 saturated carbocycles. The van der Waals surface area contributed by atoms with Crippen molar-refractivity contribution in [1.29, 1.82) is 5.26 Å². The lowest BCUT2D eigenvalue weighted by molar-refractivity contribution is 0.747. The molecule has 0 atom stereocenters. The SMILES string of the molecule is CC(C)CSc1nc(N)c(C#N)c(Cc2ccccc2)n1. The number of nitrogens with zero attached hydrogens (tertiary/aromatic N) is 3. The maximum absolute atomic E-state index is 9.27. The van der Waals surface area contributed by atoms with Gasteiger partial charge < -0.3 is 5.73 Å². The number of hydrogen-bond donors (Lipinski definition) is 1. The molecule has 1 aromatic heterocycles. The van der Waals surface area contributed by atoms with E-state index in [4.69, 9.17) is 5.73 Å². The summed E-state index contributed by atoms with van der Waals surface area (Å²) in [4.78, 5) is 8.75. The first kappa shape index (κ1) is 15.3. The Bertz CT molecular complexity index is 647. The summed E-state index contributed by atoms with van der Waals surface area (Å²) in [7, 11) is 0. The number of nitrogen functional groups attached to an aromatic ring is 1. The van der Waals surface area contributed by atoms with Gasteiger partial charge in [0, 0.05) is 12.2 Å². The van der Waals surface area contributed by atoms with Gasteiger partial charge in [0.05, 0.1) is 5.69 Å². The van der Waals surface area contributed by atoms with Crippen LogP contribution in [0.3, 0.4) is 0 Å². The molecule has 4 nitrogen and oxygen atoms in total. The number of thioether (sulfide) groups is 1. The highest BCUT2D eigenvalue weighted by Crippen LogP contribution is 2.23. The van der Waals surface area contributed by atoms with Crippen LogP contribution in [0.25, 0.3) is 0 Å². The summed E-state index contributed by atoms with van der Waals surface area (Å²) in [5.41, 5.74) is 8.09. The van der Waals surface area contributed by atoms with E-state index in [0.29, 0.717) is 28.8 Å². The van der Waals surface area contributed by atoms with Crippen molar-refractivity contribution in [3.63, 3.8) is 0 Å². The first-order chi connectivity index (χ1) is 10.1. The molecule has 0 radical (unpaired) electrons. The van der Waals surface area contributed by atoms with Crippen molar-refractivity contribution in [2.24, 2.45) is 5.92 Å². The van der Waals surface area contributed by atoms with Gasteiger partial charge >= 0.3 is 0 Å². The van der Waals surface area contributed by atoms with Crippen LogP contribution in [0.5, 0.6) is 0 Å². The van der Waals surface area contributed by atoms with Gasteiger partial charge in [-0.3, -0.25) is 0 Å². The molecule has 0 saturated heterocycles. The van der Waals surface area contributed by atoms with Gasteiger partial charge in [0.2, 0.25) is 0 Å². The molecular weight excluding hydrogens is 280 g/mol. The van der Waals surface area contributed by atoms with Gasteiger partial charge in [-0.25, -0.2) is 9.97 Å². The number of benzene rings is 1. The van der Waals surface area contributed by atoms with Gasteiger partial charge in [-0.05, 0) is 11.5 Å². The zero-order valence-corrected chi connectivity index (χ0v) is 13.0. The Morgan fingerprint density at radius 2 is 1.95 bits per heavy atom. The minimum atomic E-state index is 0.268. The van der Waals surface area contributed by atoms with Gasteiger partial charge in [-0.2, -0.15) is 5.26 Å². The van der Waals surface area contributed by atoms with Crippen molar-refractivity contribution in [2.75, 3.05) is 11.5 Å². The molecule has 0 unspecified atom stereocenters. The fourth-order valence-corrected chi connectivity index (χ4v) is 2.67. The molecule has 0 fully saturated rings. The summed E-state index contributed by atoms with van der Waals surface area (Å²) in [6, 6.07) is 12.1. The summed E-state index contributed by atoms with van der Waals surface area (Å²) in [6.07, 6.45) is 0.589. The van der Waals surface area contributed by atoms with E-state index in [1.807, 2.05) is 30.3 Å². The third-order valence-electron chi connectivity index (χ3n) is 2.86. The van der Waals surface area contributed by atoms with Crippen LogP contribution in [0.1, 0.15) is 30.7 Å². The molecule has 0 spiro atoms. The zero-order chi connectivity index (χ0) is 15.2. The lowest BCUT2D eigenvalue weighted by Crippen LogP contribution is -2.06. The van der Waals surface area contributed by atoms with Crippen LogP contribution in [-0.4, -0.2) is 15.7 Å². The van der Waals surface area contributed by atoms with Crippen LogP contribution in [0.15, 0.2) is 35.5 Å². The average Bonchev–Trinajstić information content (AvgIpc) is 2.46. The molecule has 0 aliphatic heterocycles. The average molecular weight is 298 g/mol. The van der Waals surface area contributed by atoms with E-state index < -0.39 is 0 Å². The second-order valence-electron chi connectivity index (χ2n) is 5.19. The third kappa shape index (κ3) is 4.20. The minimum Gasteiger partial charge on any atom is -0.382 e. The number of aromatic nitrogens is 2. The second-order valence-corrected chi connectivity index (χ2v) is 6.18. The van der Waals surface area contributed by atoms with Crippen LogP contribution in [0.2, 0.25) is 0 Å². The Balaban J connectivity index is 2.31. The summed E-state index contributed by atoms with van der Waals surface area (Å²) >= 11 is 1.57. The molecule has 5 heteroatoms. The number of rotatable bonds is 5. The number of nitrogens with two attached hydrogens (primary N) is 1. The summed E-state index contributed by atoms with van der Waals surface area (Å²) in [5.74, 6) is 1.74. The van der Waals surface area contributed by atoms with Gasteiger partial charge in [0.1, 0.15) is 17.5 Å². The van der Waals surface area contributed by atoms with Crippen molar-refractivity contribution in [2.45, 2.75) is 25.4 Å². The van der Waals surface area contributed by atoms with Gasteiger partial charge in [0.15, 0.2) is 5.16 Å². The van der Waals surface area contributed by atoms with E-state index in [2.05, 4.69) is 29.9 Å². The molecule has 108 valence electrons. The summed E-state index contributed by atoms with van der Waals surface area (Å²) in [5, 5.41) is 9.91. The van der Waals surface area contributed by atoms with E-state index in [0.717, 1.165) is 11.3 Å². The molecule has 1 aromatic carbocycles. The van der Waals surface area contributed by atoms with Crippen LogP contribution >= 0.6 is 11.8 Å². The lowest BCUT2D eigenvalue weighted by Gasteiger charge is -2.09. The van der Waals surface area contributed by atoms with Crippen molar-refractivity contribution in [1.82, 2.24) is 9.97 Å². The van der Waals surface area contributed by atoms with E-state index in [1.54, 1.807) is 11.8 Å². The third-order valence-corrected chi connectivity index (χ3v) is 4.14. The number of hydrogen-bond acceptors (Lipinski definition) is 5. The van der Waals surface area contributed by atoms with E-state index >= 15 is 0 Å². The molecule has 0 bridgehead atoms. The Morgan fingerprint density at radius 3 is 2.57 bits per heavy atom. The predicted octanol–water partition coefficient (Wildman–Crippen LogP) is 3.27. The summed E-state index contributed by atoms with van der Waals surface area (Å²) in [6.45, 7) is 4.29. The molecular formula is C16H18N4S. The highest BCUT2D eigenvalue weighted by atomic mass is 32.2. The molecule has 2 N–H and O–H groups in total. The Morgan fingerprint density at radius 1 is 1.24 bits per heavy atom. The first-order valence-corrected chi connectivity index (χ1v) is 7.82. The van der Waals surface area contributed by atoms with Crippen LogP contribution < -0.4 is 5.73 Å². The van der Waals surface area contributed by atoms with E-state index in [1.165, 1.54) is 0 Å². The van der Waals surface area contributed by atoms with Crippen molar-refractivity contribution in [3.05, 3.63) is 47.2 Å². The predicted molar refractivity (Wildman–Crippen MR) is 86.0 cm³/mol. The molecule has 0 amide bonds. The first-order valence-electron chi connectivity index (χ1n) is 6.83.